The normalized spacial score (nSPS) is 25.8. The van der Waals surface area contributed by atoms with E-state index < -0.39 is 0 Å². The molecule has 0 aliphatic carbocycles. The molecule has 2 atom stereocenters. The number of carbonyl (C=O) groups is 2. The third kappa shape index (κ3) is 2.13. The molecule has 0 bridgehead atoms. The second-order valence-corrected chi connectivity index (χ2v) is 5.15. The lowest BCUT2D eigenvalue weighted by atomic mass is 9.71. The maximum absolute atomic E-state index is 11.4. The van der Waals surface area contributed by atoms with Gasteiger partial charge in [0.1, 0.15) is 5.78 Å². The van der Waals surface area contributed by atoms with E-state index in [9.17, 15) is 9.59 Å². The molecule has 1 amide bonds. The zero-order valence-corrected chi connectivity index (χ0v) is 10.0. The van der Waals surface area contributed by atoms with Crippen LogP contribution in [0.5, 0.6) is 0 Å². The molecule has 4 nitrogen and oxygen atoms in total. The van der Waals surface area contributed by atoms with E-state index in [1.54, 1.807) is 11.8 Å². The predicted octanol–water partition coefficient (Wildman–Crippen LogP) is 1.69. The first-order valence-corrected chi connectivity index (χ1v) is 5.14. The second-order valence-electron chi connectivity index (χ2n) is 5.15. The third-order valence-corrected chi connectivity index (χ3v) is 2.93. The molecule has 1 heterocycles. The summed E-state index contributed by atoms with van der Waals surface area (Å²) in [6, 6.07) is -0.0394. The summed E-state index contributed by atoms with van der Waals surface area (Å²) >= 11 is 0. The van der Waals surface area contributed by atoms with Gasteiger partial charge in [0.05, 0.1) is 19.1 Å². The molecule has 1 aliphatic heterocycles. The molecule has 0 radical (unpaired) electrons. The Morgan fingerprint density at radius 2 is 1.87 bits per heavy atom. The van der Waals surface area contributed by atoms with Gasteiger partial charge in [0.2, 0.25) is 0 Å². The van der Waals surface area contributed by atoms with E-state index in [-0.39, 0.29) is 29.3 Å². The highest BCUT2D eigenvalue weighted by Crippen LogP contribution is 2.38. The van der Waals surface area contributed by atoms with E-state index in [4.69, 9.17) is 0 Å². The number of nitrogens with zero attached hydrogens (tertiary/aromatic N) is 1. The highest BCUT2D eigenvalue weighted by Gasteiger charge is 2.50. The van der Waals surface area contributed by atoms with Crippen molar-refractivity contribution in [2.45, 2.75) is 33.7 Å². The number of rotatable bonds is 1. The molecular formula is C11H19NO3. The smallest absolute Gasteiger partial charge is 0.409 e. The fourth-order valence-corrected chi connectivity index (χ4v) is 2.23. The summed E-state index contributed by atoms with van der Waals surface area (Å²) in [5, 5.41) is 0. The average Bonchev–Trinajstić information content (AvgIpc) is 1.97. The van der Waals surface area contributed by atoms with Crippen LogP contribution in [0.2, 0.25) is 0 Å². The first kappa shape index (κ1) is 12.0. The summed E-state index contributed by atoms with van der Waals surface area (Å²) in [5.74, 6) is 0.110. The quantitative estimate of drug-likeness (QED) is 0.666. The van der Waals surface area contributed by atoms with Crippen LogP contribution < -0.4 is 0 Å². The predicted molar refractivity (Wildman–Crippen MR) is 56.5 cm³/mol. The van der Waals surface area contributed by atoms with Crippen LogP contribution in [0.1, 0.15) is 27.7 Å². The van der Waals surface area contributed by atoms with Crippen molar-refractivity contribution in [3.63, 3.8) is 0 Å². The minimum absolute atomic E-state index is 0.0379. The van der Waals surface area contributed by atoms with Crippen LogP contribution in [0.25, 0.3) is 0 Å². The molecule has 0 aromatic rings. The number of hydrogen-bond acceptors (Lipinski definition) is 3. The molecule has 1 aliphatic rings. The molecule has 0 aromatic carbocycles. The van der Waals surface area contributed by atoms with E-state index in [0.29, 0.717) is 6.54 Å². The van der Waals surface area contributed by atoms with Crippen LogP contribution >= 0.6 is 0 Å². The lowest BCUT2D eigenvalue weighted by Gasteiger charge is -2.52. The standard InChI is InChI=1S/C11H19NO3/c1-7(13)8-6-12(10(14)15-5)9(8)11(2,3)4/h8-9H,6H2,1-5H3. The van der Waals surface area contributed by atoms with Crippen molar-refractivity contribution in [2.24, 2.45) is 11.3 Å². The number of methoxy groups -OCH3 is 1. The van der Waals surface area contributed by atoms with E-state index in [1.807, 2.05) is 20.8 Å². The Kier molecular flexibility index (Phi) is 3.07. The van der Waals surface area contributed by atoms with Gasteiger partial charge in [-0.05, 0) is 12.3 Å². The summed E-state index contributed by atoms with van der Waals surface area (Å²) in [6.07, 6.45) is -0.340. The van der Waals surface area contributed by atoms with Gasteiger partial charge in [0.25, 0.3) is 0 Å². The Bertz CT molecular complexity index is 280. The SMILES string of the molecule is COC(=O)N1CC(C(C)=O)C1C(C)(C)C. The van der Waals surface area contributed by atoms with Crippen molar-refractivity contribution in [3.05, 3.63) is 0 Å². The van der Waals surface area contributed by atoms with Crippen LogP contribution in [0.4, 0.5) is 4.79 Å². The van der Waals surface area contributed by atoms with Crippen molar-refractivity contribution in [2.75, 3.05) is 13.7 Å². The summed E-state index contributed by atoms with van der Waals surface area (Å²) in [7, 11) is 1.36. The fourth-order valence-electron chi connectivity index (χ4n) is 2.23. The molecule has 1 saturated heterocycles. The molecule has 0 saturated carbocycles. The second kappa shape index (κ2) is 3.83. The van der Waals surface area contributed by atoms with Gasteiger partial charge in [-0.15, -0.1) is 0 Å². The molecule has 86 valence electrons. The highest BCUT2D eigenvalue weighted by molar-refractivity contribution is 5.83. The topological polar surface area (TPSA) is 46.6 Å². The Morgan fingerprint density at radius 3 is 2.20 bits per heavy atom. The molecule has 15 heavy (non-hydrogen) atoms. The summed E-state index contributed by atoms with van der Waals surface area (Å²) in [6.45, 7) is 8.16. The minimum atomic E-state index is -0.340. The van der Waals surface area contributed by atoms with Gasteiger partial charge in [-0.25, -0.2) is 4.79 Å². The number of hydrogen-bond donors (Lipinski definition) is 0. The average molecular weight is 213 g/mol. The molecule has 0 N–H and O–H groups in total. The van der Waals surface area contributed by atoms with Crippen LogP contribution in [-0.2, 0) is 9.53 Å². The van der Waals surface area contributed by atoms with Crippen molar-refractivity contribution >= 4 is 11.9 Å². The summed E-state index contributed by atoms with van der Waals surface area (Å²) < 4.78 is 4.68. The van der Waals surface area contributed by atoms with Crippen LogP contribution in [0.15, 0.2) is 0 Å². The maximum Gasteiger partial charge on any atom is 0.409 e. The molecule has 1 fully saturated rings. The Balaban J connectivity index is 2.81. The monoisotopic (exact) mass is 213 g/mol. The van der Waals surface area contributed by atoms with Gasteiger partial charge in [-0.3, -0.25) is 4.79 Å². The third-order valence-electron chi connectivity index (χ3n) is 2.93. The van der Waals surface area contributed by atoms with Crippen LogP contribution in [0.3, 0.4) is 0 Å². The van der Waals surface area contributed by atoms with Crippen molar-refractivity contribution in [1.29, 1.82) is 0 Å². The van der Waals surface area contributed by atoms with Gasteiger partial charge in [0.15, 0.2) is 0 Å². The lowest BCUT2D eigenvalue weighted by molar-refractivity contribution is -0.133. The molecular weight excluding hydrogens is 194 g/mol. The molecule has 0 spiro atoms. The van der Waals surface area contributed by atoms with E-state index >= 15 is 0 Å². The van der Waals surface area contributed by atoms with E-state index in [1.165, 1.54) is 7.11 Å². The first-order valence-electron chi connectivity index (χ1n) is 5.14. The first-order chi connectivity index (χ1) is 6.79. The van der Waals surface area contributed by atoms with Crippen LogP contribution in [-0.4, -0.2) is 36.5 Å². The Hall–Kier alpha value is -1.06. The van der Waals surface area contributed by atoms with Crippen LogP contribution in [0, 0.1) is 11.3 Å². The maximum atomic E-state index is 11.4. The van der Waals surface area contributed by atoms with E-state index in [2.05, 4.69) is 4.74 Å². The largest absolute Gasteiger partial charge is 0.453 e. The zero-order valence-electron chi connectivity index (χ0n) is 10.0. The molecule has 4 heteroatoms. The van der Waals surface area contributed by atoms with E-state index in [0.717, 1.165) is 0 Å². The minimum Gasteiger partial charge on any atom is -0.453 e. The van der Waals surface area contributed by atoms with Gasteiger partial charge in [0, 0.05) is 6.54 Å². The fraction of sp³-hybridized carbons (Fsp3) is 0.818. The summed E-state index contributed by atoms with van der Waals surface area (Å²) in [4.78, 5) is 24.4. The zero-order chi connectivity index (χ0) is 11.8. The number of ketones is 1. The number of Topliss-reactive ketones (excluding diaryl/α,β-unsaturated/α-hetero) is 1. The van der Waals surface area contributed by atoms with Crippen molar-refractivity contribution in [1.82, 2.24) is 4.90 Å². The highest BCUT2D eigenvalue weighted by atomic mass is 16.5. The number of ether oxygens (including phenoxy) is 1. The Morgan fingerprint density at radius 1 is 1.33 bits per heavy atom. The number of likely N-dealkylation sites (tertiary alicyclic amines) is 1. The molecule has 2 unspecified atom stereocenters. The van der Waals surface area contributed by atoms with Gasteiger partial charge in [-0.1, -0.05) is 20.8 Å². The number of amides is 1. The number of carbonyl (C=O) groups excluding carboxylic acids is 2. The molecule has 0 aromatic heterocycles. The van der Waals surface area contributed by atoms with Gasteiger partial charge >= 0.3 is 6.09 Å². The van der Waals surface area contributed by atoms with Gasteiger partial charge < -0.3 is 9.64 Å². The van der Waals surface area contributed by atoms with Gasteiger partial charge in [-0.2, -0.15) is 0 Å². The Labute approximate surface area is 90.6 Å². The molecule has 1 rings (SSSR count). The van der Waals surface area contributed by atoms with Crippen molar-refractivity contribution < 1.29 is 14.3 Å². The lowest BCUT2D eigenvalue weighted by Crippen LogP contribution is -2.65. The van der Waals surface area contributed by atoms with Crippen molar-refractivity contribution in [3.8, 4) is 0 Å². The summed E-state index contributed by atoms with van der Waals surface area (Å²) in [5.41, 5.74) is -0.0945.